The lowest BCUT2D eigenvalue weighted by molar-refractivity contribution is -0.105. The van der Waals surface area contributed by atoms with E-state index in [-0.39, 0.29) is 12.2 Å². The Hall–Kier alpha value is -0.915. The van der Waals surface area contributed by atoms with Crippen molar-refractivity contribution < 1.29 is 23.9 Å². The zero-order valence-electron chi connectivity index (χ0n) is 11.4. The molecule has 0 aromatic heterocycles. The Kier molecular flexibility index (Phi) is 5.18. The van der Waals surface area contributed by atoms with Crippen molar-refractivity contribution in [3.05, 3.63) is 28.3 Å². The molecule has 2 rings (SSSR count). The van der Waals surface area contributed by atoms with Gasteiger partial charge in [-0.05, 0) is 23.2 Å². The van der Waals surface area contributed by atoms with Crippen LogP contribution in [0.2, 0.25) is 5.02 Å². The van der Waals surface area contributed by atoms with Crippen LogP contribution in [0.15, 0.2) is 12.1 Å². The van der Waals surface area contributed by atoms with Gasteiger partial charge in [-0.15, -0.1) is 0 Å². The highest BCUT2D eigenvalue weighted by atomic mass is 35.5. The molecule has 0 radical (unpaired) electrons. The molecule has 0 amide bonds. The lowest BCUT2D eigenvalue weighted by Crippen LogP contribution is -2.29. The summed E-state index contributed by atoms with van der Waals surface area (Å²) in [5, 5.41) is 10.0. The molecule has 1 aromatic rings. The quantitative estimate of drug-likeness (QED) is 0.485. The van der Waals surface area contributed by atoms with E-state index in [0.29, 0.717) is 29.1 Å². The van der Waals surface area contributed by atoms with Crippen LogP contribution in [0.25, 0.3) is 0 Å². The zero-order valence-corrected chi connectivity index (χ0v) is 12.1. The van der Waals surface area contributed by atoms with Crippen LogP contribution < -0.4 is 5.46 Å². The van der Waals surface area contributed by atoms with Crippen LogP contribution in [-0.2, 0) is 20.7 Å². The summed E-state index contributed by atoms with van der Waals surface area (Å²) in [7, 11) is 2.06. The van der Waals surface area contributed by atoms with Crippen molar-refractivity contribution in [1.29, 1.82) is 0 Å². The van der Waals surface area contributed by atoms with E-state index in [0.717, 1.165) is 5.56 Å². The topological polar surface area (TPSA) is 65.0 Å². The molecule has 0 saturated carbocycles. The van der Waals surface area contributed by atoms with Crippen molar-refractivity contribution in [3.8, 4) is 0 Å². The number of methoxy groups -OCH3 is 2. The standard InChI is InChI=1S/C13H16BClO5/c1-18-13(19-2)4-3-12(16)9-6-10-8(5-11(9)15)7-20-14(10)17/h5-6,13,17H,3-4,7H2,1-2H3. The maximum Gasteiger partial charge on any atom is 0.491 e. The Balaban J connectivity index is 2.12. The van der Waals surface area contributed by atoms with Gasteiger partial charge in [-0.2, -0.15) is 0 Å². The van der Waals surface area contributed by atoms with Crippen LogP contribution in [0.4, 0.5) is 0 Å². The van der Waals surface area contributed by atoms with Gasteiger partial charge in [0, 0.05) is 32.6 Å². The van der Waals surface area contributed by atoms with Crippen molar-refractivity contribution >= 4 is 30.0 Å². The summed E-state index contributed by atoms with van der Waals surface area (Å²) in [6, 6.07) is 3.27. The highest BCUT2D eigenvalue weighted by molar-refractivity contribution is 6.61. The third kappa shape index (κ3) is 3.21. The zero-order chi connectivity index (χ0) is 14.7. The van der Waals surface area contributed by atoms with E-state index in [1.807, 2.05) is 0 Å². The first-order valence-electron chi connectivity index (χ1n) is 6.27. The average molecular weight is 299 g/mol. The molecule has 20 heavy (non-hydrogen) atoms. The molecule has 0 atom stereocenters. The maximum atomic E-state index is 12.2. The summed E-state index contributed by atoms with van der Waals surface area (Å²) in [6.07, 6.45) is 0.279. The van der Waals surface area contributed by atoms with Gasteiger partial charge in [-0.25, -0.2) is 0 Å². The molecule has 0 aliphatic carbocycles. The van der Waals surface area contributed by atoms with E-state index in [4.69, 9.17) is 25.7 Å². The predicted molar refractivity (Wildman–Crippen MR) is 75.2 cm³/mol. The second kappa shape index (κ2) is 6.69. The Bertz CT molecular complexity index is 504. The second-order valence-corrected chi connectivity index (χ2v) is 4.96. The van der Waals surface area contributed by atoms with Gasteiger partial charge < -0.3 is 19.2 Å². The molecular weight excluding hydrogens is 282 g/mol. The smallest absolute Gasteiger partial charge is 0.423 e. The number of carbonyl (C=O) groups is 1. The van der Waals surface area contributed by atoms with Gasteiger partial charge in [0.1, 0.15) is 0 Å². The minimum absolute atomic E-state index is 0.115. The molecule has 0 saturated heterocycles. The minimum Gasteiger partial charge on any atom is -0.423 e. The third-order valence-corrected chi connectivity index (χ3v) is 3.64. The summed E-state index contributed by atoms with van der Waals surface area (Å²) in [4.78, 5) is 12.2. The fourth-order valence-electron chi connectivity index (χ4n) is 2.17. The fraction of sp³-hybridized carbons (Fsp3) is 0.462. The highest BCUT2D eigenvalue weighted by Crippen LogP contribution is 2.22. The Morgan fingerprint density at radius 1 is 1.50 bits per heavy atom. The molecule has 1 aliphatic heterocycles. The predicted octanol–water partition coefficient (Wildman–Crippen LogP) is 1.14. The average Bonchev–Trinajstić information content (AvgIpc) is 2.79. The van der Waals surface area contributed by atoms with Gasteiger partial charge in [0.15, 0.2) is 12.1 Å². The van der Waals surface area contributed by atoms with Crippen LogP contribution in [0, 0.1) is 0 Å². The summed E-state index contributed by atoms with van der Waals surface area (Å²) >= 11 is 6.11. The lowest BCUT2D eigenvalue weighted by atomic mass is 9.78. The summed E-state index contributed by atoms with van der Waals surface area (Å²) in [5.74, 6) is -0.115. The van der Waals surface area contributed by atoms with Gasteiger partial charge in [0.25, 0.3) is 0 Å². The van der Waals surface area contributed by atoms with Gasteiger partial charge >= 0.3 is 7.12 Å². The number of fused-ring (bicyclic) bond motifs is 1. The number of hydrogen-bond donors (Lipinski definition) is 1. The molecule has 1 N–H and O–H groups in total. The normalized spacial score (nSPS) is 13.9. The van der Waals surface area contributed by atoms with Gasteiger partial charge in [-0.1, -0.05) is 11.6 Å². The van der Waals surface area contributed by atoms with Gasteiger partial charge in [0.05, 0.1) is 11.6 Å². The third-order valence-electron chi connectivity index (χ3n) is 3.32. The SMILES string of the molecule is COC(CCC(=O)c1cc2c(cc1Cl)COB2O)OC. The minimum atomic E-state index is -0.987. The maximum absolute atomic E-state index is 12.2. The fourth-order valence-corrected chi connectivity index (χ4v) is 2.47. The molecule has 0 bridgehead atoms. The molecule has 7 heteroatoms. The van der Waals surface area contributed by atoms with Crippen molar-refractivity contribution in [2.75, 3.05) is 14.2 Å². The second-order valence-electron chi connectivity index (χ2n) is 4.56. The molecule has 5 nitrogen and oxygen atoms in total. The molecule has 0 fully saturated rings. The first-order chi connectivity index (χ1) is 9.56. The van der Waals surface area contributed by atoms with Crippen molar-refractivity contribution in [1.82, 2.24) is 0 Å². The molecule has 0 unspecified atom stereocenters. The molecule has 0 spiro atoms. The number of hydrogen-bond acceptors (Lipinski definition) is 5. The first kappa shape index (κ1) is 15.5. The van der Waals surface area contributed by atoms with Crippen molar-refractivity contribution in [2.45, 2.75) is 25.7 Å². The first-order valence-corrected chi connectivity index (χ1v) is 6.65. The van der Waals surface area contributed by atoms with E-state index in [1.165, 1.54) is 14.2 Å². The number of carbonyl (C=O) groups excluding carboxylic acids is 1. The monoisotopic (exact) mass is 298 g/mol. The summed E-state index contributed by atoms with van der Waals surface area (Å²) in [6.45, 7) is 0.306. The van der Waals surface area contributed by atoms with E-state index in [1.54, 1.807) is 12.1 Å². The number of ether oxygens (including phenoxy) is 2. The molecule has 1 heterocycles. The molecule has 1 aliphatic rings. The van der Waals surface area contributed by atoms with E-state index < -0.39 is 13.4 Å². The van der Waals surface area contributed by atoms with Gasteiger partial charge in [-0.3, -0.25) is 4.79 Å². The number of rotatable bonds is 6. The van der Waals surface area contributed by atoms with Crippen molar-refractivity contribution in [3.63, 3.8) is 0 Å². The Morgan fingerprint density at radius 3 is 2.85 bits per heavy atom. The summed E-state index contributed by atoms with van der Waals surface area (Å²) in [5.41, 5.74) is 1.81. The van der Waals surface area contributed by atoms with Gasteiger partial charge in [0.2, 0.25) is 0 Å². The largest absolute Gasteiger partial charge is 0.491 e. The number of benzene rings is 1. The highest BCUT2D eigenvalue weighted by Gasteiger charge is 2.29. The van der Waals surface area contributed by atoms with Crippen LogP contribution in [0.3, 0.4) is 0 Å². The van der Waals surface area contributed by atoms with Crippen molar-refractivity contribution in [2.24, 2.45) is 0 Å². The number of Topliss-reactive ketones (excluding diaryl/α,β-unsaturated/α-hetero) is 1. The summed E-state index contributed by atoms with van der Waals surface area (Å²) < 4.78 is 15.2. The van der Waals surface area contributed by atoms with E-state index in [9.17, 15) is 9.82 Å². The lowest BCUT2D eigenvalue weighted by Gasteiger charge is -2.13. The Morgan fingerprint density at radius 2 is 2.20 bits per heavy atom. The van der Waals surface area contributed by atoms with Crippen LogP contribution >= 0.6 is 11.6 Å². The molecule has 108 valence electrons. The van der Waals surface area contributed by atoms with E-state index in [2.05, 4.69) is 0 Å². The molecule has 1 aromatic carbocycles. The molecular formula is C13H16BClO5. The Labute approximate surface area is 122 Å². The van der Waals surface area contributed by atoms with Crippen LogP contribution in [0.1, 0.15) is 28.8 Å². The van der Waals surface area contributed by atoms with Crippen LogP contribution in [0.5, 0.6) is 0 Å². The van der Waals surface area contributed by atoms with E-state index >= 15 is 0 Å². The number of ketones is 1. The number of halogens is 1. The van der Waals surface area contributed by atoms with Crippen LogP contribution in [-0.4, -0.2) is 38.4 Å².